The Labute approximate surface area is 111 Å². The SMILES string of the molecule is COC(=O)c1ccc(C(C)c2ccc(F)cc2)cc1. The fourth-order valence-corrected chi connectivity index (χ4v) is 1.97. The molecule has 2 aromatic carbocycles. The first-order chi connectivity index (χ1) is 9.11. The van der Waals surface area contributed by atoms with Crippen LogP contribution in [0.3, 0.4) is 0 Å². The number of benzene rings is 2. The minimum atomic E-state index is -0.346. The molecule has 0 bridgehead atoms. The molecule has 0 heterocycles. The molecule has 1 unspecified atom stereocenters. The molecule has 0 amide bonds. The monoisotopic (exact) mass is 258 g/mol. The lowest BCUT2D eigenvalue weighted by molar-refractivity contribution is 0.0600. The summed E-state index contributed by atoms with van der Waals surface area (Å²) in [6.07, 6.45) is 0. The molecule has 0 aliphatic carbocycles. The van der Waals surface area contributed by atoms with E-state index in [0.717, 1.165) is 11.1 Å². The molecule has 98 valence electrons. The van der Waals surface area contributed by atoms with E-state index in [-0.39, 0.29) is 17.7 Å². The molecule has 0 aliphatic heterocycles. The van der Waals surface area contributed by atoms with Crippen molar-refractivity contribution >= 4 is 5.97 Å². The summed E-state index contributed by atoms with van der Waals surface area (Å²) >= 11 is 0. The number of hydrogen-bond donors (Lipinski definition) is 0. The van der Waals surface area contributed by atoms with Crippen LogP contribution < -0.4 is 0 Å². The topological polar surface area (TPSA) is 26.3 Å². The highest BCUT2D eigenvalue weighted by molar-refractivity contribution is 5.89. The lowest BCUT2D eigenvalue weighted by Gasteiger charge is -2.12. The number of methoxy groups -OCH3 is 1. The van der Waals surface area contributed by atoms with Gasteiger partial charge in [0.25, 0.3) is 0 Å². The molecular weight excluding hydrogens is 243 g/mol. The Morgan fingerprint density at radius 3 is 1.95 bits per heavy atom. The third-order valence-electron chi connectivity index (χ3n) is 3.20. The van der Waals surface area contributed by atoms with Crippen molar-refractivity contribution in [2.75, 3.05) is 7.11 Å². The van der Waals surface area contributed by atoms with Crippen LogP contribution in [0, 0.1) is 5.82 Å². The summed E-state index contributed by atoms with van der Waals surface area (Å²) in [5.41, 5.74) is 2.63. The van der Waals surface area contributed by atoms with Gasteiger partial charge in [-0.15, -0.1) is 0 Å². The number of ether oxygens (including phenoxy) is 1. The van der Waals surface area contributed by atoms with Crippen molar-refractivity contribution in [3.63, 3.8) is 0 Å². The molecule has 0 aromatic heterocycles. The van der Waals surface area contributed by atoms with E-state index in [1.165, 1.54) is 19.2 Å². The molecule has 2 aromatic rings. The molecule has 0 saturated heterocycles. The average Bonchev–Trinajstić information content (AvgIpc) is 2.46. The summed E-state index contributed by atoms with van der Waals surface area (Å²) < 4.78 is 17.5. The van der Waals surface area contributed by atoms with Gasteiger partial charge in [-0.1, -0.05) is 31.2 Å². The molecule has 1 atom stereocenters. The lowest BCUT2D eigenvalue weighted by Crippen LogP contribution is -2.02. The number of rotatable bonds is 3. The van der Waals surface area contributed by atoms with E-state index >= 15 is 0 Å². The molecule has 0 aliphatic rings. The van der Waals surface area contributed by atoms with Crippen molar-refractivity contribution in [2.45, 2.75) is 12.8 Å². The van der Waals surface area contributed by atoms with Crippen LogP contribution in [0.5, 0.6) is 0 Å². The van der Waals surface area contributed by atoms with E-state index in [4.69, 9.17) is 0 Å². The molecule has 2 nitrogen and oxygen atoms in total. The van der Waals surface area contributed by atoms with Gasteiger partial charge >= 0.3 is 5.97 Å². The van der Waals surface area contributed by atoms with Crippen LogP contribution in [-0.4, -0.2) is 13.1 Å². The predicted octanol–water partition coefficient (Wildman–Crippen LogP) is 3.76. The van der Waals surface area contributed by atoms with Gasteiger partial charge in [0.2, 0.25) is 0 Å². The van der Waals surface area contributed by atoms with Gasteiger partial charge in [-0.2, -0.15) is 0 Å². The van der Waals surface area contributed by atoms with Crippen LogP contribution in [0.15, 0.2) is 48.5 Å². The third kappa shape index (κ3) is 2.99. The predicted molar refractivity (Wildman–Crippen MR) is 71.7 cm³/mol. The summed E-state index contributed by atoms with van der Waals surface area (Å²) in [6.45, 7) is 2.04. The number of halogens is 1. The van der Waals surface area contributed by atoms with Crippen LogP contribution in [0.25, 0.3) is 0 Å². The van der Waals surface area contributed by atoms with Gasteiger partial charge in [-0.3, -0.25) is 0 Å². The first kappa shape index (κ1) is 13.3. The molecule has 19 heavy (non-hydrogen) atoms. The summed E-state index contributed by atoms with van der Waals surface area (Å²) in [5, 5.41) is 0. The Balaban J connectivity index is 2.22. The highest BCUT2D eigenvalue weighted by Crippen LogP contribution is 2.24. The average molecular weight is 258 g/mol. The van der Waals surface area contributed by atoms with Crippen LogP contribution in [0.2, 0.25) is 0 Å². The number of carbonyl (C=O) groups is 1. The van der Waals surface area contributed by atoms with E-state index in [1.807, 2.05) is 19.1 Å². The molecule has 0 fully saturated rings. The van der Waals surface area contributed by atoms with Gasteiger partial charge in [0.15, 0.2) is 0 Å². The Morgan fingerprint density at radius 1 is 1.00 bits per heavy atom. The second-order valence-corrected chi connectivity index (χ2v) is 4.39. The largest absolute Gasteiger partial charge is 0.465 e. The first-order valence-corrected chi connectivity index (χ1v) is 6.05. The van der Waals surface area contributed by atoms with Crippen LogP contribution in [0.4, 0.5) is 4.39 Å². The maximum atomic E-state index is 12.9. The molecular formula is C16H15FO2. The molecule has 0 spiro atoms. The Morgan fingerprint density at radius 2 is 1.47 bits per heavy atom. The quantitative estimate of drug-likeness (QED) is 0.783. The first-order valence-electron chi connectivity index (χ1n) is 6.05. The van der Waals surface area contributed by atoms with Gasteiger partial charge in [0, 0.05) is 5.92 Å². The highest BCUT2D eigenvalue weighted by Gasteiger charge is 2.10. The zero-order chi connectivity index (χ0) is 13.8. The molecule has 3 heteroatoms. The normalized spacial score (nSPS) is 11.9. The van der Waals surface area contributed by atoms with E-state index in [1.54, 1.807) is 24.3 Å². The minimum Gasteiger partial charge on any atom is -0.465 e. The molecule has 2 rings (SSSR count). The second kappa shape index (κ2) is 5.65. The second-order valence-electron chi connectivity index (χ2n) is 4.39. The van der Waals surface area contributed by atoms with Crippen LogP contribution in [-0.2, 0) is 4.74 Å². The Hall–Kier alpha value is -2.16. The van der Waals surface area contributed by atoms with Crippen molar-refractivity contribution < 1.29 is 13.9 Å². The minimum absolute atomic E-state index is 0.146. The standard InChI is InChI=1S/C16H15FO2/c1-11(13-7-9-15(17)10-8-13)12-3-5-14(6-4-12)16(18)19-2/h3-11H,1-2H3. The third-order valence-corrected chi connectivity index (χ3v) is 3.20. The molecule has 0 N–H and O–H groups in total. The number of esters is 1. The number of hydrogen-bond acceptors (Lipinski definition) is 2. The van der Waals surface area contributed by atoms with Gasteiger partial charge in [-0.05, 0) is 35.4 Å². The van der Waals surface area contributed by atoms with Crippen molar-refractivity contribution in [3.05, 3.63) is 71.0 Å². The zero-order valence-electron chi connectivity index (χ0n) is 10.9. The summed E-state index contributed by atoms with van der Waals surface area (Å²) in [7, 11) is 1.36. The zero-order valence-corrected chi connectivity index (χ0v) is 10.9. The lowest BCUT2D eigenvalue weighted by atomic mass is 9.92. The Kier molecular flexibility index (Phi) is 3.95. The van der Waals surface area contributed by atoms with Crippen molar-refractivity contribution in [3.8, 4) is 0 Å². The van der Waals surface area contributed by atoms with E-state index in [0.29, 0.717) is 5.56 Å². The summed E-state index contributed by atoms with van der Waals surface area (Å²) in [5.74, 6) is -0.440. The van der Waals surface area contributed by atoms with E-state index in [2.05, 4.69) is 4.74 Å². The molecule has 0 saturated carbocycles. The van der Waals surface area contributed by atoms with Crippen LogP contribution in [0.1, 0.15) is 34.3 Å². The fourth-order valence-electron chi connectivity index (χ4n) is 1.97. The van der Waals surface area contributed by atoms with Crippen molar-refractivity contribution in [1.29, 1.82) is 0 Å². The van der Waals surface area contributed by atoms with Gasteiger partial charge in [0.1, 0.15) is 5.82 Å². The highest BCUT2D eigenvalue weighted by atomic mass is 19.1. The summed E-state index contributed by atoms with van der Waals surface area (Å²) in [4.78, 5) is 11.3. The Bertz CT molecular complexity index is 558. The summed E-state index contributed by atoms with van der Waals surface area (Å²) in [6, 6.07) is 13.7. The fraction of sp³-hybridized carbons (Fsp3) is 0.188. The smallest absolute Gasteiger partial charge is 0.337 e. The number of carbonyl (C=O) groups excluding carboxylic acids is 1. The van der Waals surface area contributed by atoms with Crippen molar-refractivity contribution in [1.82, 2.24) is 0 Å². The van der Waals surface area contributed by atoms with Crippen LogP contribution >= 0.6 is 0 Å². The van der Waals surface area contributed by atoms with E-state index < -0.39 is 0 Å². The van der Waals surface area contributed by atoms with Gasteiger partial charge in [-0.25, -0.2) is 9.18 Å². The molecule has 0 radical (unpaired) electrons. The van der Waals surface area contributed by atoms with Crippen molar-refractivity contribution in [2.24, 2.45) is 0 Å². The van der Waals surface area contributed by atoms with Gasteiger partial charge < -0.3 is 4.74 Å². The van der Waals surface area contributed by atoms with E-state index in [9.17, 15) is 9.18 Å². The van der Waals surface area contributed by atoms with Gasteiger partial charge in [0.05, 0.1) is 12.7 Å². The maximum Gasteiger partial charge on any atom is 0.337 e. The maximum absolute atomic E-state index is 12.9.